The van der Waals surface area contributed by atoms with Gasteiger partial charge in [0.1, 0.15) is 11.6 Å². The third-order valence-electron chi connectivity index (χ3n) is 2.97. The van der Waals surface area contributed by atoms with Crippen LogP contribution in [0.25, 0.3) is 6.08 Å². The van der Waals surface area contributed by atoms with Gasteiger partial charge in [-0.3, -0.25) is 4.79 Å². The molecule has 1 amide bonds. The Hall–Kier alpha value is -2.40. The number of ether oxygens (including phenoxy) is 1. The van der Waals surface area contributed by atoms with Gasteiger partial charge in [0.15, 0.2) is 0 Å². The fourth-order valence-electron chi connectivity index (χ4n) is 1.87. The Morgan fingerprint density at radius 3 is 2.70 bits per heavy atom. The highest BCUT2D eigenvalue weighted by Gasteiger charge is 2.15. The number of anilines is 1. The van der Waals surface area contributed by atoms with E-state index in [1.807, 2.05) is 0 Å². The van der Waals surface area contributed by atoms with Gasteiger partial charge in [0.05, 0.1) is 23.6 Å². The molecule has 3 nitrogen and oxygen atoms in total. The average molecular weight is 338 g/mol. The van der Waals surface area contributed by atoms with Crippen LogP contribution in [0, 0.1) is 11.6 Å². The molecular weight excluding hydrogens is 324 g/mol. The molecule has 2 aromatic rings. The minimum atomic E-state index is -0.662. The van der Waals surface area contributed by atoms with E-state index in [1.54, 1.807) is 13.0 Å². The number of carbonyl (C=O) groups is 1. The van der Waals surface area contributed by atoms with E-state index in [9.17, 15) is 13.6 Å². The van der Waals surface area contributed by atoms with E-state index in [-0.39, 0.29) is 21.8 Å². The molecule has 0 bridgehead atoms. The van der Waals surface area contributed by atoms with E-state index < -0.39 is 17.5 Å². The van der Waals surface area contributed by atoms with Gasteiger partial charge in [-0.05, 0) is 42.8 Å². The van der Waals surface area contributed by atoms with Gasteiger partial charge in [0.2, 0.25) is 0 Å². The van der Waals surface area contributed by atoms with E-state index >= 15 is 0 Å². The highest BCUT2D eigenvalue weighted by molar-refractivity contribution is 6.31. The minimum Gasteiger partial charge on any atom is -0.501 e. The number of hydrogen-bond acceptors (Lipinski definition) is 2. The predicted octanol–water partition coefficient (Wildman–Crippen LogP) is 4.88. The molecule has 0 aliphatic heterocycles. The molecule has 0 atom stereocenters. The Bertz CT molecular complexity index is 747. The molecule has 2 rings (SSSR count). The zero-order valence-corrected chi connectivity index (χ0v) is 13.0. The van der Waals surface area contributed by atoms with E-state index in [0.29, 0.717) is 6.61 Å². The van der Waals surface area contributed by atoms with Crippen molar-refractivity contribution in [3.05, 3.63) is 70.4 Å². The highest BCUT2D eigenvalue weighted by atomic mass is 35.5. The van der Waals surface area contributed by atoms with Gasteiger partial charge >= 0.3 is 0 Å². The molecule has 0 saturated heterocycles. The van der Waals surface area contributed by atoms with Crippen LogP contribution in [0.5, 0.6) is 0 Å². The maximum absolute atomic E-state index is 13.6. The summed E-state index contributed by atoms with van der Waals surface area (Å²) in [5.74, 6) is -1.83. The summed E-state index contributed by atoms with van der Waals surface area (Å²) in [5.41, 5.74) is 0.405. The fraction of sp³-hybridized carbons (Fsp3) is 0.118. The van der Waals surface area contributed by atoms with Crippen LogP contribution in [0.3, 0.4) is 0 Å². The monoisotopic (exact) mass is 337 g/mol. The predicted molar refractivity (Wildman–Crippen MR) is 86.4 cm³/mol. The summed E-state index contributed by atoms with van der Waals surface area (Å²) in [7, 11) is 0. The Morgan fingerprint density at radius 1 is 1.26 bits per heavy atom. The van der Waals surface area contributed by atoms with Gasteiger partial charge < -0.3 is 10.1 Å². The largest absolute Gasteiger partial charge is 0.501 e. The molecule has 0 saturated carbocycles. The second kappa shape index (κ2) is 7.74. The molecule has 120 valence electrons. The molecule has 0 aromatic heterocycles. The highest BCUT2D eigenvalue weighted by Crippen LogP contribution is 2.23. The smallest absolute Gasteiger partial charge is 0.256 e. The van der Waals surface area contributed by atoms with Crippen molar-refractivity contribution in [1.82, 2.24) is 0 Å². The number of benzene rings is 2. The van der Waals surface area contributed by atoms with Crippen LogP contribution in [-0.4, -0.2) is 12.5 Å². The van der Waals surface area contributed by atoms with Crippen LogP contribution >= 0.6 is 11.6 Å². The van der Waals surface area contributed by atoms with E-state index in [0.717, 1.165) is 6.07 Å². The zero-order chi connectivity index (χ0) is 16.8. The molecule has 0 aliphatic rings. The van der Waals surface area contributed by atoms with Crippen molar-refractivity contribution in [3.63, 3.8) is 0 Å². The van der Waals surface area contributed by atoms with Gasteiger partial charge in [0, 0.05) is 5.56 Å². The summed E-state index contributed by atoms with van der Waals surface area (Å²) in [4.78, 5) is 12.3. The molecule has 0 unspecified atom stereocenters. The number of hydrogen-bond donors (Lipinski definition) is 1. The summed E-state index contributed by atoms with van der Waals surface area (Å²) in [5, 5.41) is 2.24. The first kappa shape index (κ1) is 17.0. The van der Waals surface area contributed by atoms with Crippen molar-refractivity contribution in [2.45, 2.75) is 6.92 Å². The molecule has 0 spiro atoms. The Kier molecular flexibility index (Phi) is 5.71. The summed E-state index contributed by atoms with van der Waals surface area (Å²) < 4.78 is 32.3. The molecule has 2 aromatic carbocycles. The van der Waals surface area contributed by atoms with E-state index in [4.69, 9.17) is 16.3 Å². The summed E-state index contributed by atoms with van der Waals surface area (Å²) >= 11 is 5.74. The molecule has 6 heteroatoms. The maximum atomic E-state index is 13.6. The van der Waals surface area contributed by atoms with Crippen LogP contribution in [0.2, 0.25) is 5.02 Å². The van der Waals surface area contributed by atoms with E-state index in [2.05, 4.69) is 5.32 Å². The minimum absolute atomic E-state index is 0.0256. The Balaban J connectivity index is 2.35. The van der Waals surface area contributed by atoms with Gasteiger partial charge in [-0.2, -0.15) is 0 Å². The van der Waals surface area contributed by atoms with Crippen molar-refractivity contribution < 1.29 is 18.3 Å². The second-order valence-electron chi connectivity index (χ2n) is 4.55. The first-order valence-electron chi connectivity index (χ1n) is 6.86. The first-order valence-corrected chi connectivity index (χ1v) is 7.23. The Labute approximate surface area is 137 Å². The summed E-state index contributed by atoms with van der Waals surface area (Å²) in [6.07, 6.45) is 2.79. The van der Waals surface area contributed by atoms with Crippen LogP contribution in [0.15, 0.2) is 42.7 Å². The number of rotatable bonds is 5. The molecular formula is C17H14ClF2NO2. The quantitative estimate of drug-likeness (QED) is 0.790. The fourth-order valence-corrected chi connectivity index (χ4v) is 2.03. The summed E-state index contributed by atoms with van der Waals surface area (Å²) in [6, 6.07) is 8.06. The first-order chi connectivity index (χ1) is 11.0. The van der Waals surface area contributed by atoms with Crippen molar-refractivity contribution >= 4 is 29.3 Å². The SMILES string of the molecule is CCO/C=C/c1cc(F)c(Cl)cc1C(=O)Nc1ccccc1F. The van der Waals surface area contributed by atoms with Crippen molar-refractivity contribution in [2.24, 2.45) is 0 Å². The summed E-state index contributed by atoms with van der Waals surface area (Å²) in [6.45, 7) is 2.22. The second-order valence-corrected chi connectivity index (χ2v) is 4.95. The maximum Gasteiger partial charge on any atom is 0.256 e. The molecule has 23 heavy (non-hydrogen) atoms. The van der Waals surface area contributed by atoms with Gasteiger partial charge in [-0.25, -0.2) is 8.78 Å². The lowest BCUT2D eigenvalue weighted by molar-refractivity contribution is 0.102. The van der Waals surface area contributed by atoms with Crippen molar-refractivity contribution in [1.29, 1.82) is 0 Å². The number of carbonyl (C=O) groups excluding carboxylic acids is 1. The third-order valence-corrected chi connectivity index (χ3v) is 3.26. The lowest BCUT2D eigenvalue weighted by atomic mass is 10.1. The normalized spacial score (nSPS) is 10.8. The van der Waals surface area contributed by atoms with Crippen LogP contribution in [0.1, 0.15) is 22.8 Å². The molecule has 0 heterocycles. The van der Waals surface area contributed by atoms with Crippen molar-refractivity contribution in [2.75, 3.05) is 11.9 Å². The van der Waals surface area contributed by atoms with Crippen LogP contribution < -0.4 is 5.32 Å². The van der Waals surface area contributed by atoms with Crippen LogP contribution in [0.4, 0.5) is 14.5 Å². The lowest BCUT2D eigenvalue weighted by Crippen LogP contribution is -2.14. The molecule has 0 fully saturated rings. The van der Waals surface area contributed by atoms with Crippen LogP contribution in [-0.2, 0) is 4.74 Å². The number of nitrogens with one attached hydrogen (secondary N) is 1. The molecule has 0 aliphatic carbocycles. The zero-order valence-electron chi connectivity index (χ0n) is 12.3. The van der Waals surface area contributed by atoms with Gasteiger partial charge in [0.25, 0.3) is 5.91 Å². The lowest BCUT2D eigenvalue weighted by Gasteiger charge is -2.10. The molecule has 0 radical (unpaired) electrons. The van der Waals surface area contributed by atoms with Gasteiger partial charge in [-0.1, -0.05) is 23.7 Å². The standard InChI is InChI=1S/C17H14ClF2NO2/c1-2-23-8-7-11-9-15(20)13(18)10-12(11)17(22)21-16-6-4-3-5-14(16)19/h3-10H,2H2,1H3,(H,21,22)/b8-7+. The topological polar surface area (TPSA) is 38.3 Å². The van der Waals surface area contributed by atoms with E-state index in [1.165, 1.54) is 36.6 Å². The van der Waals surface area contributed by atoms with Gasteiger partial charge in [-0.15, -0.1) is 0 Å². The Morgan fingerprint density at radius 2 is 2.00 bits per heavy atom. The number of para-hydroxylation sites is 1. The number of halogens is 3. The average Bonchev–Trinajstić information content (AvgIpc) is 2.53. The third kappa shape index (κ3) is 4.29. The number of amides is 1. The molecule has 1 N–H and O–H groups in total. The van der Waals surface area contributed by atoms with Crippen molar-refractivity contribution in [3.8, 4) is 0 Å².